The van der Waals surface area contributed by atoms with Gasteiger partial charge < -0.3 is 9.32 Å². The van der Waals surface area contributed by atoms with Crippen LogP contribution < -0.4 is 4.90 Å². The van der Waals surface area contributed by atoms with E-state index in [1.54, 1.807) is 48.5 Å². The second kappa shape index (κ2) is 11.2. The van der Waals surface area contributed by atoms with Crippen LogP contribution in [0.2, 0.25) is 0 Å². The summed E-state index contributed by atoms with van der Waals surface area (Å²) >= 11 is 0.805. The molecule has 0 saturated heterocycles. The predicted octanol–water partition coefficient (Wildman–Crippen LogP) is 13.9. The Morgan fingerprint density at radius 3 is 2.20 bits per heavy atom. The molecule has 0 N–H and O–H groups in total. The van der Waals surface area contributed by atoms with E-state index in [4.69, 9.17) is 15.4 Å². The lowest BCUT2D eigenvalue weighted by atomic mass is 10.0. The van der Waals surface area contributed by atoms with Crippen molar-refractivity contribution in [3.8, 4) is 22.3 Å². The van der Waals surface area contributed by atoms with Crippen molar-refractivity contribution < 1.29 is 25.0 Å². The predicted molar refractivity (Wildman–Crippen MR) is 210 cm³/mol. The summed E-state index contributed by atoms with van der Waals surface area (Å²) in [7, 11) is 0. The van der Waals surface area contributed by atoms with Crippen molar-refractivity contribution in [2.45, 2.75) is 0 Å². The molecule has 2 nitrogen and oxygen atoms in total. The minimum atomic E-state index is -0.730. The van der Waals surface area contributed by atoms with Crippen molar-refractivity contribution in [1.82, 2.24) is 0 Å². The molecule has 0 amide bonds. The molecule has 10 rings (SSSR count). The van der Waals surface area contributed by atoms with Gasteiger partial charge in [0.05, 0.1) is 31.6 Å². The summed E-state index contributed by atoms with van der Waals surface area (Å²) in [6, 6.07) is 16.3. The highest BCUT2D eigenvalue weighted by molar-refractivity contribution is 7.25. The van der Waals surface area contributed by atoms with E-state index in [2.05, 4.69) is 0 Å². The second-order valence-corrected chi connectivity index (χ2v) is 12.3. The van der Waals surface area contributed by atoms with Crippen molar-refractivity contribution in [2.24, 2.45) is 0 Å². The smallest absolute Gasteiger partial charge is 0.143 e. The van der Waals surface area contributed by atoms with Crippen LogP contribution in [0.5, 0.6) is 0 Å². The van der Waals surface area contributed by atoms with Gasteiger partial charge in [-0.2, -0.15) is 0 Å². The van der Waals surface area contributed by atoms with Gasteiger partial charge in [-0.25, -0.2) is 0 Å². The van der Waals surface area contributed by atoms with Crippen LogP contribution in [0.4, 0.5) is 17.1 Å². The van der Waals surface area contributed by atoms with Gasteiger partial charge in [0.2, 0.25) is 0 Å². The number of rotatable bonds is 5. The fourth-order valence-corrected chi connectivity index (χ4v) is 7.20. The summed E-state index contributed by atoms with van der Waals surface area (Å²) in [5.41, 5.74) is -0.292. The van der Waals surface area contributed by atoms with E-state index in [1.807, 2.05) is 36.4 Å². The number of thiophene rings is 1. The first kappa shape index (κ1) is 16.8. The SMILES string of the molecule is [2H]c1c([2H])c(-c2ccccc2)c([2H])c(N(c2c([2H])c([2H])c(-c3c([2H])c([2H])c4c(sc5c([2H])c([2H])c([2H])c([2H])c54)c3[2H])c([2H])c2[2H])c2cccc3oc4c5ccccc5ccc4c23)c1[2H]. The van der Waals surface area contributed by atoms with E-state index in [-0.39, 0.29) is 37.1 Å². The van der Waals surface area contributed by atoms with Crippen molar-refractivity contribution >= 4 is 81.3 Å². The summed E-state index contributed by atoms with van der Waals surface area (Å²) in [6.07, 6.45) is 0. The van der Waals surface area contributed by atoms with E-state index < -0.39 is 107 Å². The maximum atomic E-state index is 9.69. The average molecular weight is 659 g/mol. The number of hydrogen-bond acceptors (Lipinski definition) is 3. The fraction of sp³-hybridized carbons (Fsp3) is 0. The minimum Gasteiger partial charge on any atom is -0.455 e. The zero-order chi connectivity index (χ0) is 45.4. The fourth-order valence-electron chi connectivity index (χ4n) is 6.23. The lowest BCUT2D eigenvalue weighted by Crippen LogP contribution is -2.10. The number of benzene rings is 8. The highest BCUT2D eigenvalue weighted by atomic mass is 32.1. The van der Waals surface area contributed by atoms with Crippen LogP contribution in [0.1, 0.15) is 20.6 Å². The van der Waals surface area contributed by atoms with Gasteiger partial charge in [-0.15, -0.1) is 11.3 Å². The highest BCUT2D eigenvalue weighted by Gasteiger charge is 2.21. The molecule has 0 bridgehead atoms. The first-order valence-electron chi connectivity index (χ1n) is 22.9. The molecular formula is C46H29NOS. The van der Waals surface area contributed by atoms with Gasteiger partial charge in [0.25, 0.3) is 0 Å². The monoisotopic (exact) mass is 658 g/mol. The van der Waals surface area contributed by atoms with Gasteiger partial charge >= 0.3 is 0 Å². The molecule has 2 heterocycles. The normalized spacial score (nSPS) is 16.0. The van der Waals surface area contributed by atoms with E-state index in [0.29, 0.717) is 27.5 Å². The molecule has 230 valence electrons. The number of fused-ring (bicyclic) bond motifs is 8. The number of anilines is 3. The van der Waals surface area contributed by atoms with E-state index in [1.165, 1.54) is 4.90 Å². The third-order valence-corrected chi connectivity index (χ3v) is 9.50. The molecule has 0 radical (unpaired) electrons. The van der Waals surface area contributed by atoms with Crippen molar-refractivity contribution in [1.29, 1.82) is 0 Å². The van der Waals surface area contributed by atoms with Crippen LogP contribution in [0.25, 0.3) is 75.1 Å². The molecular weight excluding hydrogens is 615 g/mol. The molecule has 10 aromatic rings. The van der Waals surface area contributed by atoms with Gasteiger partial charge in [0.1, 0.15) is 11.2 Å². The summed E-state index contributed by atoms with van der Waals surface area (Å²) in [4.78, 5) is 1.22. The van der Waals surface area contributed by atoms with Gasteiger partial charge in [-0.3, -0.25) is 0 Å². The average Bonchev–Trinajstić information content (AvgIpc) is 3.90. The highest BCUT2D eigenvalue weighted by Crippen LogP contribution is 2.45. The molecule has 0 aliphatic rings. The number of hydrogen-bond donors (Lipinski definition) is 0. The third-order valence-electron chi connectivity index (χ3n) is 8.47. The Bertz CT molecular complexity index is 3670. The van der Waals surface area contributed by atoms with Gasteiger partial charge in [0.15, 0.2) is 0 Å². The third kappa shape index (κ3) is 4.62. The second-order valence-electron chi connectivity index (χ2n) is 11.3. The van der Waals surface area contributed by atoms with Crippen LogP contribution >= 0.6 is 11.3 Å². The Kier molecular flexibility index (Phi) is 3.85. The van der Waals surface area contributed by atoms with Gasteiger partial charge in [0, 0.05) is 42.3 Å². The van der Waals surface area contributed by atoms with E-state index >= 15 is 0 Å². The first-order chi connectivity index (χ1) is 30.6. The lowest BCUT2D eigenvalue weighted by molar-refractivity contribution is 0.672. The molecule has 0 saturated carbocycles. The van der Waals surface area contributed by atoms with Crippen LogP contribution in [0.3, 0.4) is 0 Å². The molecule has 49 heavy (non-hydrogen) atoms. The van der Waals surface area contributed by atoms with Gasteiger partial charge in [-0.05, 0) is 82.1 Å². The molecule has 0 aliphatic heterocycles. The van der Waals surface area contributed by atoms with E-state index in [0.717, 1.165) is 22.1 Å². The van der Waals surface area contributed by atoms with Crippen LogP contribution in [0.15, 0.2) is 180 Å². The van der Waals surface area contributed by atoms with Crippen LogP contribution in [-0.4, -0.2) is 0 Å². The Morgan fingerprint density at radius 1 is 0.490 bits per heavy atom. The Morgan fingerprint density at radius 2 is 1.29 bits per heavy atom. The molecule has 0 atom stereocenters. The van der Waals surface area contributed by atoms with Crippen molar-refractivity contribution in [3.05, 3.63) is 176 Å². The molecule has 0 aliphatic carbocycles. The number of furan rings is 1. The van der Waals surface area contributed by atoms with E-state index in [9.17, 15) is 9.60 Å². The zero-order valence-electron chi connectivity index (χ0n) is 40.3. The maximum absolute atomic E-state index is 9.69. The molecule has 0 fully saturated rings. The molecule has 0 unspecified atom stereocenters. The first-order valence-corrected chi connectivity index (χ1v) is 16.2. The summed E-state index contributed by atoms with van der Waals surface area (Å²) < 4.78 is 143. The van der Waals surface area contributed by atoms with Crippen LogP contribution in [-0.2, 0) is 0 Å². The molecule has 0 spiro atoms. The summed E-state index contributed by atoms with van der Waals surface area (Å²) in [5.74, 6) is 0. The largest absolute Gasteiger partial charge is 0.455 e. The Balaban J connectivity index is 1.32. The molecule has 3 heteroatoms. The van der Waals surface area contributed by atoms with Crippen LogP contribution in [0, 0.1) is 0 Å². The Labute approximate surface area is 308 Å². The maximum Gasteiger partial charge on any atom is 0.143 e. The minimum absolute atomic E-state index is 0.00352. The molecule has 8 aromatic carbocycles. The molecule has 2 aromatic heterocycles. The summed E-state index contributed by atoms with van der Waals surface area (Å²) in [6.45, 7) is 0. The van der Waals surface area contributed by atoms with Crippen molar-refractivity contribution in [2.75, 3.05) is 4.90 Å². The quantitative estimate of drug-likeness (QED) is 0.183. The zero-order valence-corrected chi connectivity index (χ0v) is 26.2. The number of nitrogens with zero attached hydrogens (tertiary/aromatic N) is 1. The lowest BCUT2D eigenvalue weighted by Gasteiger charge is -2.27. The Hall–Kier alpha value is -6.16. The topological polar surface area (TPSA) is 16.4 Å². The summed E-state index contributed by atoms with van der Waals surface area (Å²) in [5, 5.41) is 2.57. The van der Waals surface area contributed by atoms with Gasteiger partial charge in [-0.1, -0.05) is 121 Å². The van der Waals surface area contributed by atoms with Crippen molar-refractivity contribution in [3.63, 3.8) is 0 Å². The standard InChI is InChI=1S/C46H29NOS/c1-2-10-30(11-3-1)33-13-8-14-36(28-33)47(41-17-9-18-42-45(41)40-27-22-32-12-4-5-15-37(32)46(40)48-42)35-24-20-31(21-25-35)34-23-26-39-38-16-6-7-19-43(38)49-44(39)29-34/h1-29H/i6D,7D,8D,13D,14D,16D,19D,20D,21D,23D,24D,25D,26D,28D,29D.